The summed E-state index contributed by atoms with van der Waals surface area (Å²) in [5.74, 6) is 0.603. The zero-order chi connectivity index (χ0) is 16.9. The lowest BCUT2D eigenvalue weighted by Crippen LogP contribution is -2.39. The summed E-state index contributed by atoms with van der Waals surface area (Å²) in [6.07, 6.45) is 1.97. The Kier molecular flexibility index (Phi) is 5.36. The van der Waals surface area contributed by atoms with E-state index in [2.05, 4.69) is 66.8 Å². The second-order valence-corrected chi connectivity index (χ2v) is 7.03. The standard InChI is InChI=1S/C20H27N3O/c1-22(2)14-17-10-12-23(15-17)20(24)21-11-9-16-7-8-18-5-3-4-6-19(18)13-16/h3-8,13,17H,9-12,14-15H2,1-2H3,(H,21,24). The first-order valence-corrected chi connectivity index (χ1v) is 8.77. The molecule has 2 aromatic rings. The van der Waals surface area contributed by atoms with Crippen molar-refractivity contribution >= 4 is 16.8 Å². The summed E-state index contributed by atoms with van der Waals surface area (Å²) in [5.41, 5.74) is 1.26. The predicted molar refractivity (Wildman–Crippen MR) is 99.3 cm³/mol. The van der Waals surface area contributed by atoms with E-state index in [0.29, 0.717) is 12.5 Å². The van der Waals surface area contributed by atoms with Crippen molar-refractivity contribution in [3.63, 3.8) is 0 Å². The van der Waals surface area contributed by atoms with Crippen molar-refractivity contribution < 1.29 is 4.79 Å². The Morgan fingerprint density at radius 2 is 2.00 bits per heavy atom. The van der Waals surface area contributed by atoms with Gasteiger partial charge < -0.3 is 15.1 Å². The molecule has 2 aromatic carbocycles. The van der Waals surface area contributed by atoms with Crippen LogP contribution in [0.5, 0.6) is 0 Å². The highest BCUT2D eigenvalue weighted by atomic mass is 16.2. The fraction of sp³-hybridized carbons (Fsp3) is 0.450. The SMILES string of the molecule is CN(C)CC1CCN(C(=O)NCCc2ccc3ccccc3c2)C1. The second kappa shape index (κ2) is 7.67. The summed E-state index contributed by atoms with van der Waals surface area (Å²) in [7, 11) is 4.18. The number of carbonyl (C=O) groups excluding carboxylic acids is 1. The summed E-state index contributed by atoms with van der Waals surface area (Å²) in [4.78, 5) is 16.4. The normalized spacial score (nSPS) is 17.6. The minimum atomic E-state index is 0.0806. The number of carbonyl (C=O) groups is 1. The molecule has 1 aliphatic rings. The smallest absolute Gasteiger partial charge is 0.317 e. The number of likely N-dealkylation sites (tertiary alicyclic amines) is 1. The molecule has 0 radical (unpaired) electrons. The van der Waals surface area contributed by atoms with Crippen LogP contribution in [0.4, 0.5) is 4.79 Å². The monoisotopic (exact) mass is 325 g/mol. The number of hydrogen-bond donors (Lipinski definition) is 1. The van der Waals surface area contributed by atoms with Crippen LogP contribution in [0.3, 0.4) is 0 Å². The third-order valence-corrected chi connectivity index (χ3v) is 4.70. The van der Waals surface area contributed by atoms with Gasteiger partial charge >= 0.3 is 6.03 Å². The molecule has 128 valence electrons. The summed E-state index contributed by atoms with van der Waals surface area (Å²) >= 11 is 0. The Morgan fingerprint density at radius 1 is 1.21 bits per heavy atom. The molecule has 1 heterocycles. The summed E-state index contributed by atoms with van der Waals surface area (Å²) in [6.45, 7) is 3.49. The molecule has 24 heavy (non-hydrogen) atoms. The van der Waals surface area contributed by atoms with Gasteiger partial charge in [-0.15, -0.1) is 0 Å². The lowest BCUT2D eigenvalue weighted by Gasteiger charge is -2.19. The van der Waals surface area contributed by atoms with Gasteiger partial charge in [0.2, 0.25) is 0 Å². The van der Waals surface area contributed by atoms with Crippen LogP contribution in [0, 0.1) is 5.92 Å². The molecule has 4 nitrogen and oxygen atoms in total. The maximum atomic E-state index is 12.3. The van der Waals surface area contributed by atoms with Crippen molar-refractivity contribution in [1.82, 2.24) is 15.1 Å². The molecule has 0 saturated carbocycles. The van der Waals surface area contributed by atoms with E-state index < -0.39 is 0 Å². The number of amides is 2. The zero-order valence-corrected chi connectivity index (χ0v) is 14.7. The average Bonchev–Trinajstić information content (AvgIpc) is 3.02. The van der Waals surface area contributed by atoms with Gasteiger partial charge in [0.15, 0.2) is 0 Å². The molecule has 0 spiro atoms. The highest BCUT2D eigenvalue weighted by Crippen LogP contribution is 2.17. The zero-order valence-electron chi connectivity index (χ0n) is 14.7. The molecule has 0 aliphatic carbocycles. The van der Waals surface area contributed by atoms with Crippen molar-refractivity contribution in [1.29, 1.82) is 0 Å². The summed E-state index contributed by atoms with van der Waals surface area (Å²) in [5, 5.41) is 5.58. The number of nitrogens with zero attached hydrogens (tertiary/aromatic N) is 2. The summed E-state index contributed by atoms with van der Waals surface area (Å²) < 4.78 is 0. The van der Waals surface area contributed by atoms with Crippen molar-refractivity contribution in [2.24, 2.45) is 5.92 Å². The molecule has 0 aromatic heterocycles. The average molecular weight is 325 g/mol. The van der Waals surface area contributed by atoms with Crippen LogP contribution in [-0.4, -0.2) is 56.1 Å². The molecular weight excluding hydrogens is 298 g/mol. The summed E-state index contributed by atoms with van der Waals surface area (Å²) in [6, 6.07) is 15.0. The van der Waals surface area contributed by atoms with E-state index in [9.17, 15) is 4.79 Å². The van der Waals surface area contributed by atoms with E-state index in [4.69, 9.17) is 0 Å². The van der Waals surface area contributed by atoms with Crippen molar-refractivity contribution in [3.8, 4) is 0 Å². The Bertz CT molecular complexity index is 698. The molecule has 3 rings (SSSR count). The number of fused-ring (bicyclic) bond motifs is 1. The number of nitrogens with one attached hydrogen (secondary N) is 1. The van der Waals surface area contributed by atoms with Crippen LogP contribution < -0.4 is 5.32 Å². The maximum Gasteiger partial charge on any atom is 0.317 e. The molecule has 1 N–H and O–H groups in total. The van der Waals surface area contributed by atoms with E-state index >= 15 is 0 Å². The first-order chi connectivity index (χ1) is 11.6. The van der Waals surface area contributed by atoms with Gasteiger partial charge in [-0.1, -0.05) is 42.5 Å². The number of benzene rings is 2. The van der Waals surface area contributed by atoms with Gasteiger partial charge in [-0.05, 0) is 49.2 Å². The van der Waals surface area contributed by atoms with Gasteiger partial charge in [0, 0.05) is 26.2 Å². The number of hydrogen-bond acceptors (Lipinski definition) is 2. The minimum Gasteiger partial charge on any atom is -0.338 e. The molecule has 0 bridgehead atoms. The molecule has 1 atom stereocenters. The topological polar surface area (TPSA) is 35.6 Å². The van der Waals surface area contributed by atoms with Crippen LogP contribution in [0.1, 0.15) is 12.0 Å². The van der Waals surface area contributed by atoms with E-state index in [-0.39, 0.29) is 6.03 Å². The predicted octanol–water partition coefficient (Wildman–Crippen LogP) is 2.98. The minimum absolute atomic E-state index is 0.0806. The number of urea groups is 1. The Hall–Kier alpha value is -2.07. The lowest BCUT2D eigenvalue weighted by atomic mass is 10.1. The van der Waals surface area contributed by atoms with E-state index in [1.165, 1.54) is 16.3 Å². The number of rotatable bonds is 5. The van der Waals surface area contributed by atoms with Gasteiger partial charge in [0.25, 0.3) is 0 Å². The molecular formula is C20H27N3O. The van der Waals surface area contributed by atoms with Gasteiger partial charge in [-0.2, -0.15) is 0 Å². The Morgan fingerprint density at radius 3 is 2.79 bits per heavy atom. The van der Waals surface area contributed by atoms with Crippen LogP contribution in [0.15, 0.2) is 42.5 Å². The van der Waals surface area contributed by atoms with Gasteiger partial charge in [-0.3, -0.25) is 0 Å². The van der Waals surface area contributed by atoms with Crippen LogP contribution in [0.2, 0.25) is 0 Å². The quantitative estimate of drug-likeness (QED) is 0.917. The molecule has 1 aliphatic heterocycles. The van der Waals surface area contributed by atoms with Gasteiger partial charge in [0.1, 0.15) is 0 Å². The van der Waals surface area contributed by atoms with Crippen molar-refractivity contribution in [2.45, 2.75) is 12.8 Å². The Labute approximate surface area is 144 Å². The van der Waals surface area contributed by atoms with E-state index in [1.807, 2.05) is 4.90 Å². The lowest BCUT2D eigenvalue weighted by molar-refractivity contribution is 0.205. The third-order valence-electron chi connectivity index (χ3n) is 4.70. The van der Waals surface area contributed by atoms with E-state index in [0.717, 1.165) is 32.5 Å². The van der Waals surface area contributed by atoms with Gasteiger partial charge in [-0.25, -0.2) is 4.79 Å². The van der Waals surface area contributed by atoms with Crippen LogP contribution >= 0.6 is 0 Å². The molecule has 1 fully saturated rings. The molecule has 1 unspecified atom stereocenters. The maximum absolute atomic E-state index is 12.3. The van der Waals surface area contributed by atoms with Gasteiger partial charge in [0.05, 0.1) is 0 Å². The van der Waals surface area contributed by atoms with Crippen LogP contribution in [-0.2, 0) is 6.42 Å². The third kappa shape index (κ3) is 4.26. The fourth-order valence-electron chi connectivity index (χ4n) is 3.50. The van der Waals surface area contributed by atoms with E-state index in [1.54, 1.807) is 0 Å². The van der Waals surface area contributed by atoms with Crippen LogP contribution in [0.25, 0.3) is 10.8 Å². The molecule has 4 heteroatoms. The fourth-order valence-corrected chi connectivity index (χ4v) is 3.50. The van der Waals surface area contributed by atoms with Crippen molar-refractivity contribution in [2.75, 3.05) is 40.3 Å². The molecule has 1 saturated heterocycles. The molecule has 2 amide bonds. The Balaban J connectivity index is 1.46. The second-order valence-electron chi connectivity index (χ2n) is 7.03. The van der Waals surface area contributed by atoms with Crippen molar-refractivity contribution in [3.05, 3.63) is 48.0 Å². The first-order valence-electron chi connectivity index (χ1n) is 8.77. The highest BCUT2D eigenvalue weighted by molar-refractivity contribution is 5.83. The highest BCUT2D eigenvalue weighted by Gasteiger charge is 2.26. The largest absolute Gasteiger partial charge is 0.338 e. The first kappa shape index (κ1) is 16.8.